The van der Waals surface area contributed by atoms with E-state index in [1.54, 1.807) is 4.90 Å². The topological polar surface area (TPSA) is 50.2 Å². The van der Waals surface area contributed by atoms with Crippen molar-refractivity contribution in [1.29, 1.82) is 0 Å². The van der Waals surface area contributed by atoms with Gasteiger partial charge in [0.1, 0.15) is 5.82 Å². The van der Waals surface area contributed by atoms with Crippen molar-refractivity contribution in [2.24, 2.45) is 0 Å². The smallest absolute Gasteiger partial charge is 0.362 e. The van der Waals surface area contributed by atoms with E-state index in [4.69, 9.17) is 0 Å². The number of piperidine rings is 1. The number of nitrogens with zero attached hydrogens (tertiary/aromatic N) is 3. The molecule has 0 aliphatic carbocycles. The van der Waals surface area contributed by atoms with Crippen molar-refractivity contribution in [3.8, 4) is 0 Å². The molecule has 152 valence electrons. The second kappa shape index (κ2) is 7.37. The molecule has 10 heteroatoms. The lowest BCUT2D eigenvalue weighted by atomic mass is 10.0. The third kappa shape index (κ3) is 3.45. The fourth-order valence-electron chi connectivity index (χ4n) is 3.94. The van der Waals surface area contributed by atoms with E-state index in [-0.39, 0.29) is 29.9 Å². The number of likely N-dealkylation sites (tertiary alicyclic amines) is 1. The molecule has 28 heavy (non-hydrogen) atoms. The van der Waals surface area contributed by atoms with Crippen molar-refractivity contribution in [3.05, 3.63) is 32.6 Å². The van der Waals surface area contributed by atoms with Gasteiger partial charge < -0.3 is 10.2 Å². The van der Waals surface area contributed by atoms with Gasteiger partial charge in [0.25, 0.3) is 5.91 Å². The molecule has 3 atom stereocenters. The molecule has 5 nitrogen and oxygen atoms in total. The van der Waals surface area contributed by atoms with Crippen molar-refractivity contribution in [1.82, 2.24) is 14.7 Å². The predicted octanol–water partition coefficient (Wildman–Crippen LogP) is 5.38. The fraction of sp³-hybridized carbons (Fsp3) is 0.556. The monoisotopic (exact) mass is 476 g/mol. The Morgan fingerprint density at radius 1 is 1.39 bits per heavy atom. The van der Waals surface area contributed by atoms with Crippen LogP contribution >= 0.6 is 27.3 Å². The zero-order chi connectivity index (χ0) is 20.1. The second-order valence-corrected chi connectivity index (χ2v) is 9.08. The van der Waals surface area contributed by atoms with Crippen LogP contribution in [0, 0.1) is 0 Å². The molecule has 1 saturated heterocycles. The van der Waals surface area contributed by atoms with Crippen LogP contribution in [0.2, 0.25) is 0 Å². The first kappa shape index (κ1) is 19.8. The van der Waals surface area contributed by atoms with Gasteiger partial charge in [-0.1, -0.05) is 6.07 Å². The van der Waals surface area contributed by atoms with Crippen LogP contribution in [0.1, 0.15) is 60.1 Å². The lowest BCUT2D eigenvalue weighted by Crippen LogP contribution is -2.42. The van der Waals surface area contributed by atoms with Gasteiger partial charge in [0.15, 0.2) is 11.7 Å². The minimum atomic E-state index is -4.46. The number of anilines is 1. The number of hydrogen-bond acceptors (Lipinski definition) is 4. The Kier molecular flexibility index (Phi) is 5.20. The number of amides is 1. The molecule has 1 amide bonds. The lowest BCUT2D eigenvalue weighted by Gasteiger charge is -2.33. The summed E-state index contributed by atoms with van der Waals surface area (Å²) in [6, 6.07) is 1.42. The van der Waals surface area contributed by atoms with E-state index in [0.717, 1.165) is 28.8 Å². The highest BCUT2D eigenvalue weighted by atomic mass is 79.9. The summed E-state index contributed by atoms with van der Waals surface area (Å²) in [7, 11) is 0. The van der Waals surface area contributed by atoms with Gasteiger partial charge in [-0.2, -0.15) is 18.3 Å². The molecule has 2 aliphatic rings. The van der Waals surface area contributed by atoms with E-state index in [9.17, 15) is 18.0 Å². The summed E-state index contributed by atoms with van der Waals surface area (Å²) in [4.78, 5) is 15.6. The molecule has 0 aromatic carbocycles. The summed E-state index contributed by atoms with van der Waals surface area (Å²) < 4.78 is 42.6. The van der Waals surface area contributed by atoms with E-state index < -0.39 is 18.3 Å². The molecule has 0 saturated carbocycles. The third-order valence-corrected chi connectivity index (χ3v) is 7.19. The summed E-state index contributed by atoms with van der Waals surface area (Å²) in [6.07, 6.45) is -1.80. The molecule has 2 aliphatic heterocycles. The third-order valence-electron chi connectivity index (χ3n) is 5.45. The maximum atomic E-state index is 13.8. The number of carbonyl (C=O) groups excluding carboxylic acids is 1. The van der Waals surface area contributed by atoms with Gasteiger partial charge in [-0.25, -0.2) is 4.68 Å². The summed E-state index contributed by atoms with van der Waals surface area (Å²) in [5, 5.41) is 9.12. The van der Waals surface area contributed by atoms with Gasteiger partial charge in [-0.3, -0.25) is 4.79 Å². The van der Waals surface area contributed by atoms with E-state index in [2.05, 4.69) is 26.3 Å². The average molecular weight is 477 g/mol. The van der Waals surface area contributed by atoms with E-state index >= 15 is 0 Å². The lowest BCUT2D eigenvalue weighted by molar-refractivity contribution is -0.173. The first-order valence-electron chi connectivity index (χ1n) is 9.23. The number of alkyl halides is 3. The molecule has 4 heterocycles. The molecule has 0 spiro atoms. The summed E-state index contributed by atoms with van der Waals surface area (Å²) in [6.45, 7) is 2.56. The van der Waals surface area contributed by atoms with Crippen molar-refractivity contribution in [3.63, 3.8) is 0 Å². The summed E-state index contributed by atoms with van der Waals surface area (Å²) >= 11 is 4.76. The van der Waals surface area contributed by atoms with E-state index in [0.29, 0.717) is 11.0 Å². The number of halogens is 4. The average Bonchev–Trinajstić information content (AvgIpc) is 3.29. The Hall–Kier alpha value is -1.55. The zero-order valence-electron chi connectivity index (χ0n) is 15.2. The van der Waals surface area contributed by atoms with Crippen LogP contribution in [0.5, 0.6) is 0 Å². The number of carbonyl (C=O) groups is 1. The van der Waals surface area contributed by atoms with Crippen LogP contribution in [0.15, 0.2) is 22.0 Å². The molecular weight excluding hydrogens is 457 g/mol. The Morgan fingerprint density at radius 3 is 2.82 bits per heavy atom. The van der Waals surface area contributed by atoms with Crippen LogP contribution < -0.4 is 5.32 Å². The van der Waals surface area contributed by atoms with Gasteiger partial charge in [0.05, 0.1) is 10.5 Å². The standard InChI is InChI=1S/C18H20BrF3N4OS/c1-10-5-2-3-7-25(10)17(27)15-14(19)16-23-11(12-6-4-8-28-12)9-13(18(20,21)22)26(16)24-15/h4,6,8,10-11,13,23H,2-3,5,7,9H2,1H3/t10-,11-,13-/m1/s1. The number of rotatable bonds is 2. The molecule has 2 aromatic heterocycles. The highest BCUT2D eigenvalue weighted by molar-refractivity contribution is 9.10. The first-order valence-corrected chi connectivity index (χ1v) is 10.9. The Balaban J connectivity index is 1.73. The van der Waals surface area contributed by atoms with Gasteiger partial charge in [0, 0.05) is 23.9 Å². The molecular formula is C18H20BrF3N4OS. The van der Waals surface area contributed by atoms with Crippen molar-refractivity contribution < 1.29 is 18.0 Å². The molecule has 4 rings (SSSR count). The number of nitrogens with one attached hydrogen (secondary N) is 1. The first-order chi connectivity index (χ1) is 13.3. The molecule has 2 aromatic rings. The van der Waals surface area contributed by atoms with Gasteiger partial charge in [-0.05, 0) is 53.6 Å². The van der Waals surface area contributed by atoms with Crippen LogP contribution in [0.3, 0.4) is 0 Å². The summed E-state index contributed by atoms with van der Waals surface area (Å²) in [5.74, 6) is -0.114. The zero-order valence-corrected chi connectivity index (χ0v) is 17.6. The Morgan fingerprint density at radius 2 is 2.18 bits per heavy atom. The van der Waals surface area contributed by atoms with Crippen LogP contribution in [0.4, 0.5) is 19.0 Å². The maximum absolute atomic E-state index is 13.8. The SMILES string of the molecule is C[C@@H]1CCCCN1C(=O)c1nn2c(c1Br)N[C@@H](c1cccs1)C[C@@H]2C(F)(F)F. The summed E-state index contributed by atoms with van der Waals surface area (Å²) in [5.41, 5.74) is 0.0392. The van der Waals surface area contributed by atoms with Crippen LogP contribution in [-0.2, 0) is 0 Å². The van der Waals surface area contributed by atoms with Crippen LogP contribution in [0.25, 0.3) is 0 Å². The number of thiophene rings is 1. The van der Waals surface area contributed by atoms with Crippen molar-refractivity contribution in [2.45, 2.75) is 56.9 Å². The van der Waals surface area contributed by atoms with Gasteiger partial charge >= 0.3 is 6.18 Å². The molecule has 1 fully saturated rings. The van der Waals surface area contributed by atoms with Crippen LogP contribution in [-0.4, -0.2) is 39.4 Å². The highest BCUT2D eigenvalue weighted by Crippen LogP contribution is 2.47. The van der Waals surface area contributed by atoms with Crippen molar-refractivity contribution in [2.75, 3.05) is 11.9 Å². The highest BCUT2D eigenvalue weighted by Gasteiger charge is 2.48. The number of aromatic nitrogens is 2. The molecule has 0 bridgehead atoms. The largest absolute Gasteiger partial charge is 0.410 e. The Labute approximate surface area is 173 Å². The fourth-order valence-corrected chi connectivity index (χ4v) is 5.27. The normalized spacial score (nSPS) is 25.3. The van der Waals surface area contributed by atoms with E-state index in [1.807, 2.05) is 24.4 Å². The molecule has 0 unspecified atom stereocenters. The Bertz CT molecular complexity index is 867. The maximum Gasteiger partial charge on any atom is 0.410 e. The predicted molar refractivity (Wildman–Crippen MR) is 105 cm³/mol. The molecule has 0 radical (unpaired) electrons. The molecule has 1 N–H and O–H groups in total. The van der Waals surface area contributed by atoms with E-state index in [1.165, 1.54) is 11.3 Å². The number of fused-ring (bicyclic) bond motifs is 1. The number of hydrogen-bond donors (Lipinski definition) is 1. The minimum Gasteiger partial charge on any atom is -0.362 e. The quantitative estimate of drug-likeness (QED) is 0.632. The van der Waals surface area contributed by atoms with Gasteiger partial charge in [-0.15, -0.1) is 11.3 Å². The minimum absolute atomic E-state index is 0.0392. The van der Waals surface area contributed by atoms with Gasteiger partial charge in [0.2, 0.25) is 0 Å². The van der Waals surface area contributed by atoms with Crippen molar-refractivity contribution >= 4 is 39.0 Å². The second-order valence-electron chi connectivity index (χ2n) is 7.30.